The maximum atomic E-state index is 13.1. The maximum Gasteiger partial charge on any atom is 0.217 e. The lowest BCUT2D eigenvalue weighted by Gasteiger charge is -2.04. The molecule has 0 radical (unpaired) electrons. The molecule has 0 saturated heterocycles. The van der Waals surface area contributed by atoms with Gasteiger partial charge in [-0.2, -0.15) is 5.26 Å². The molecule has 0 aliphatic heterocycles. The summed E-state index contributed by atoms with van der Waals surface area (Å²) in [5, 5.41) is 8.75. The van der Waals surface area contributed by atoms with Crippen LogP contribution in [-0.4, -0.2) is 9.55 Å². The number of nitrogen functional groups attached to an aromatic ring is 1. The molecule has 5 heteroatoms. The van der Waals surface area contributed by atoms with E-state index in [0.29, 0.717) is 11.4 Å². The number of nitriles is 1. The fourth-order valence-corrected chi connectivity index (χ4v) is 1.33. The summed E-state index contributed by atoms with van der Waals surface area (Å²) in [6.07, 6.45) is 3.05. The minimum Gasteiger partial charge on any atom is -0.399 e. The molecule has 4 nitrogen and oxygen atoms in total. The maximum absolute atomic E-state index is 13.1. The second-order valence-corrected chi connectivity index (χ2v) is 2.98. The van der Waals surface area contributed by atoms with Crippen molar-refractivity contribution in [1.29, 1.82) is 5.26 Å². The van der Waals surface area contributed by atoms with Crippen molar-refractivity contribution in [3.05, 3.63) is 42.2 Å². The van der Waals surface area contributed by atoms with Crippen LogP contribution in [0.1, 0.15) is 5.82 Å². The molecular weight excluding hydrogens is 195 g/mol. The van der Waals surface area contributed by atoms with Crippen molar-refractivity contribution < 1.29 is 4.39 Å². The fourth-order valence-electron chi connectivity index (χ4n) is 1.33. The van der Waals surface area contributed by atoms with Gasteiger partial charge in [0, 0.05) is 18.1 Å². The van der Waals surface area contributed by atoms with Gasteiger partial charge in [0.1, 0.15) is 11.9 Å². The Morgan fingerprint density at radius 3 is 2.87 bits per heavy atom. The number of nitrogens with two attached hydrogens (primary N) is 1. The van der Waals surface area contributed by atoms with Crippen molar-refractivity contribution in [1.82, 2.24) is 9.55 Å². The normalized spacial score (nSPS) is 9.87. The van der Waals surface area contributed by atoms with E-state index in [1.54, 1.807) is 12.3 Å². The number of hydrogen-bond donors (Lipinski definition) is 1. The van der Waals surface area contributed by atoms with Crippen LogP contribution < -0.4 is 5.73 Å². The van der Waals surface area contributed by atoms with Crippen molar-refractivity contribution in [2.45, 2.75) is 0 Å². The third-order valence-corrected chi connectivity index (χ3v) is 1.92. The smallest absolute Gasteiger partial charge is 0.217 e. The van der Waals surface area contributed by atoms with Crippen LogP contribution in [0.3, 0.4) is 0 Å². The Balaban J connectivity index is 2.60. The van der Waals surface area contributed by atoms with Gasteiger partial charge in [0.05, 0.1) is 5.69 Å². The zero-order chi connectivity index (χ0) is 10.8. The molecule has 0 spiro atoms. The molecule has 0 bridgehead atoms. The number of anilines is 1. The monoisotopic (exact) mass is 202 g/mol. The van der Waals surface area contributed by atoms with Crippen LogP contribution in [0.15, 0.2) is 30.6 Å². The first kappa shape index (κ1) is 9.21. The van der Waals surface area contributed by atoms with E-state index >= 15 is 0 Å². The summed E-state index contributed by atoms with van der Waals surface area (Å²) in [4.78, 5) is 3.81. The number of nitrogens with zero attached hydrogens (tertiary/aromatic N) is 3. The zero-order valence-corrected chi connectivity index (χ0v) is 7.68. The Labute approximate surface area is 85.4 Å². The number of imidazole rings is 1. The molecule has 0 fully saturated rings. The lowest BCUT2D eigenvalue weighted by molar-refractivity contribution is 0.627. The van der Waals surface area contributed by atoms with E-state index in [1.807, 2.05) is 6.07 Å². The summed E-state index contributed by atoms with van der Waals surface area (Å²) < 4.78 is 14.5. The van der Waals surface area contributed by atoms with Gasteiger partial charge in [-0.05, 0) is 18.2 Å². The van der Waals surface area contributed by atoms with Crippen LogP contribution >= 0.6 is 0 Å². The van der Waals surface area contributed by atoms with Gasteiger partial charge in [-0.25, -0.2) is 9.37 Å². The lowest BCUT2D eigenvalue weighted by Crippen LogP contribution is -1.98. The van der Waals surface area contributed by atoms with Gasteiger partial charge in [-0.3, -0.25) is 4.57 Å². The summed E-state index contributed by atoms with van der Waals surface area (Å²) in [6.45, 7) is 0. The summed E-state index contributed by atoms with van der Waals surface area (Å²) in [6, 6.07) is 5.98. The van der Waals surface area contributed by atoms with Crippen molar-refractivity contribution in [3.8, 4) is 11.8 Å². The molecule has 1 aromatic carbocycles. The highest BCUT2D eigenvalue weighted by Gasteiger charge is 2.05. The van der Waals surface area contributed by atoms with Crippen LogP contribution in [0.5, 0.6) is 0 Å². The van der Waals surface area contributed by atoms with E-state index in [9.17, 15) is 4.39 Å². The zero-order valence-electron chi connectivity index (χ0n) is 7.68. The van der Waals surface area contributed by atoms with E-state index < -0.39 is 5.82 Å². The highest BCUT2D eigenvalue weighted by Crippen LogP contribution is 2.16. The largest absolute Gasteiger partial charge is 0.399 e. The van der Waals surface area contributed by atoms with E-state index in [-0.39, 0.29) is 5.82 Å². The number of aromatic nitrogens is 2. The Bertz CT molecular complexity index is 518. The Kier molecular flexibility index (Phi) is 2.10. The van der Waals surface area contributed by atoms with Gasteiger partial charge in [-0.15, -0.1) is 0 Å². The van der Waals surface area contributed by atoms with Crippen LogP contribution in [0, 0.1) is 17.1 Å². The average molecular weight is 202 g/mol. The second kappa shape index (κ2) is 3.42. The van der Waals surface area contributed by atoms with E-state index in [0.717, 1.165) is 0 Å². The summed E-state index contributed by atoms with van der Waals surface area (Å²) in [7, 11) is 0. The van der Waals surface area contributed by atoms with E-state index in [1.165, 1.54) is 22.9 Å². The Morgan fingerprint density at radius 1 is 1.40 bits per heavy atom. The van der Waals surface area contributed by atoms with Crippen molar-refractivity contribution in [2.24, 2.45) is 0 Å². The topological polar surface area (TPSA) is 67.6 Å². The number of hydrogen-bond acceptors (Lipinski definition) is 3. The molecule has 0 aliphatic carbocycles. The molecule has 2 rings (SSSR count). The number of halogens is 1. The van der Waals surface area contributed by atoms with Crippen LogP contribution in [0.4, 0.5) is 10.1 Å². The predicted molar refractivity (Wildman–Crippen MR) is 52.6 cm³/mol. The summed E-state index contributed by atoms with van der Waals surface area (Å²) >= 11 is 0. The van der Waals surface area contributed by atoms with Crippen molar-refractivity contribution in [3.63, 3.8) is 0 Å². The molecule has 0 unspecified atom stereocenters. The first-order valence-corrected chi connectivity index (χ1v) is 4.20. The van der Waals surface area contributed by atoms with Gasteiger partial charge in [0.2, 0.25) is 5.82 Å². The summed E-state index contributed by atoms with van der Waals surface area (Å²) in [5.74, 6) is -0.248. The highest BCUT2D eigenvalue weighted by molar-refractivity contribution is 5.49. The molecule has 2 aromatic rings. The first-order valence-electron chi connectivity index (χ1n) is 4.20. The number of benzene rings is 1. The third kappa shape index (κ3) is 1.65. The molecule has 0 amide bonds. The Hall–Kier alpha value is -2.35. The molecule has 74 valence electrons. The first-order chi connectivity index (χ1) is 7.20. The minimum atomic E-state index is -0.442. The third-order valence-electron chi connectivity index (χ3n) is 1.92. The molecule has 1 heterocycles. The summed E-state index contributed by atoms with van der Waals surface area (Å²) in [5.41, 5.74) is 6.30. The second-order valence-electron chi connectivity index (χ2n) is 2.98. The van der Waals surface area contributed by atoms with E-state index in [4.69, 9.17) is 11.0 Å². The molecule has 1 aromatic heterocycles. The minimum absolute atomic E-state index is 0.194. The molecular formula is C10H7FN4. The van der Waals surface area contributed by atoms with E-state index in [2.05, 4.69) is 4.98 Å². The van der Waals surface area contributed by atoms with Gasteiger partial charge in [0.25, 0.3) is 0 Å². The van der Waals surface area contributed by atoms with Crippen molar-refractivity contribution in [2.75, 3.05) is 5.73 Å². The molecule has 0 aliphatic rings. The Morgan fingerprint density at radius 2 is 2.20 bits per heavy atom. The highest BCUT2D eigenvalue weighted by atomic mass is 19.1. The van der Waals surface area contributed by atoms with Crippen LogP contribution in [0.2, 0.25) is 0 Å². The average Bonchev–Trinajstić information content (AvgIpc) is 2.63. The molecule has 0 saturated carbocycles. The van der Waals surface area contributed by atoms with Crippen molar-refractivity contribution >= 4 is 5.69 Å². The van der Waals surface area contributed by atoms with Crippen LogP contribution in [0.25, 0.3) is 5.69 Å². The van der Waals surface area contributed by atoms with Gasteiger partial charge >= 0.3 is 0 Å². The molecule has 15 heavy (non-hydrogen) atoms. The molecule has 2 N–H and O–H groups in total. The van der Waals surface area contributed by atoms with Crippen LogP contribution in [-0.2, 0) is 0 Å². The van der Waals surface area contributed by atoms with Gasteiger partial charge in [0.15, 0.2) is 0 Å². The lowest BCUT2D eigenvalue weighted by atomic mass is 10.2. The quantitative estimate of drug-likeness (QED) is 0.712. The molecule has 0 atom stereocenters. The number of rotatable bonds is 1. The SMILES string of the molecule is N#Cc1nccn1-c1cc(N)cc(F)c1. The predicted octanol–water partition coefficient (Wildman–Crippen LogP) is 1.47. The standard InChI is InChI=1S/C10H7FN4/c11-7-3-8(13)5-9(4-7)15-2-1-14-10(15)6-12/h1-5H,13H2. The fraction of sp³-hybridized carbons (Fsp3) is 0. The van der Waals surface area contributed by atoms with Gasteiger partial charge in [-0.1, -0.05) is 0 Å². The van der Waals surface area contributed by atoms with Gasteiger partial charge < -0.3 is 5.73 Å².